The van der Waals surface area contributed by atoms with Gasteiger partial charge in [0.2, 0.25) is 0 Å². The van der Waals surface area contributed by atoms with Crippen LogP contribution in [0.15, 0.2) is 59.2 Å². The van der Waals surface area contributed by atoms with E-state index in [2.05, 4.69) is 17.4 Å². The summed E-state index contributed by atoms with van der Waals surface area (Å²) in [4.78, 5) is 0. The van der Waals surface area contributed by atoms with Gasteiger partial charge < -0.3 is 20.2 Å². The van der Waals surface area contributed by atoms with Crippen molar-refractivity contribution in [3.63, 3.8) is 0 Å². The minimum atomic E-state index is -0.0975. The first-order valence-corrected chi connectivity index (χ1v) is 8.97. The second-order valence-corrected chi connectivity index (χ2v) is 6.69. The molecule has 2 atom stereocenters. The fraction of sp³-hybridized carbons (Fsp3) is 0.286. The Morgan fingerprint density at radius 2 is 2.08 bits per heavy atom. The standard InChI is InChI=1S/C21H23N3O2/c22-21(23)17-6-7-19-16(9-11-25-19)18(17)12-20(14-4-2-1-3-5-14)26-15-8-10-24-13-15/h1-7,9,11,15,20,24H,8,10,12-13H2,(H3,22,23)/t15-,20?/m0/s1. The number of furan rings is 1. The third kappa shape index (κ3) is 3.36. The molecule has 0 amide bonds. The lowest BCUT2D eigenvalue weighted by Crippen LogP contribution is -2.22. The normalized spacial score (nSPS) is 18.2. The minimum Gasteiger partial charge on any atom is -0.464 e. The van der Waals surface area contributed by atoms with Crippen LogP contribution in [0.3, 0.4) is 0 Å². The van der Waals surface area contributed by atoms with Crippen molar-refractivity contribution in [1.82, 2.24) is 5.32 Å². The van der Waals surface area contributed by atoms with Crippen LogP contribution >= 0.6 is 0 Å². The summed E-state index contributed by atoms with van der Waals surface area (Å²) in [6, 6.07) is 15.9. The van der Waals surface area contributed by atoms with Gasteiger partial charge in [0.1, 0.15) is 11.4 Å². The van der Waals surface area contributed by atoms with Crippen LogP contribution in [0.25, 0.3) is 11.0 Å². The van der Waals surface area contributed by atoms with E-state index >= 15 is 0 Å². The predicted molar refractivity (Wildman–Crippen MR) is 102 cm³/mol. The zero-order valence-corrected chi connectivity index (χ0v) is 14.6. The summed E-state index contributed by atoms with van der Waals surface area (Å²) in [7, 11) is 0. The van der Waals surface area contributed by atoms with Crippen LogP contribution in [0.4, 0.5) is 0 Å². The second kappa shape index (κ2) is 7.32. The van der Waals surface area contributed by atoms with Gasteiger partial charge in [0.15, 0.2) is 0 Å². The topological polar surface area (TPSA) is 84.3 Å². The van der Waals surface area contributed by atoms with Gasteiger partial charge in [-0.05, 0) is 42.3 Å². The molecule has 1 aliphatic heterocycles. The second-order valence-electron chi connectivity index (χ2n) is 6.69. The first-order chi connectivity index (χ1) is 12.7. The monoisotopic (exact) mass is 349 g/mol. The maximum Gasteiger partial charge on any atom is 0.134 e. The Hall–Kier alpha value is -2.63. The van der Waals surface area contributed by atoms with E-state index in [9.17, 15) is 0 Å². The lowest BCUT2D eigenvalue weighted by molar-refractivity contribution is -0.00206. The van der Waals surface area contributed by atoms with E-state index in [1.54, 1.807) is 6.26 Å². The Kier molecular flexibility index (Phi) is 4.73. The Morgan fingerprint density at radius 3 is 2.81 bits per heavy atom. The quantitative estimate of drug-likeness (QED) is 0.470. The Balaban J connectivity index is 1.73. The summed E-state index contributed by atoms with van der Waals surface area (Å²) in [5.41, 5.74) is 9.54. The summed E-state index contributed by atoms with van der Waals surface area (Å²) in [5.74, 6) is 0.0671. The average Bonchev–Trinajstić information content (AvgIpc) is 3.33. The van der Waals surface area contributed by atoms with Gasteiger partial charge in [0, 0.05) is 23.9 Å². The molecule has 0 spiro atoms. The Bertz CT molecular complexity index is 898. The highest BCUT2D eigenvalue weighted by molar-refractivity contribution is 6.01. The predicted octanol–water partition coefficient (Wildman–Crippen LogP) is 3.38. The highest BCUT2D eigenvalue weighted by Gasteiger charge is 2.24. The molecule has 26 heavy (non-hydrogen) atoms. The van der Waals surface area contributed by atoms with Crippen LogP contribution in [0.5, 0.6) is 0 Å². The molecule has 4 N–H and O–H groups in total. The maximum absolute atomic E-state index is 7.97. The van der Waals surface area contributed by atoms with E-state index in [-0.39, 0.29) is 18.0 Å². The number of ether oxygens (including phenoxy) is 1. The van der Waals surface area contributed by atoms with Crippen molar-refractivity contribution >= 4 is 16.8 Å². The number of nitrogens with two attached hydrogens (primary N) is 1. The summed E-state index contributed by atoms with van der Waals surface area (Å²) < 4.78 is 12.0. The molecule has 1 fully saturated rings. The number of hydrogen-bond acceptors (Lipinski definition) is 4. The first-order valence-electron chi connectivity index (χ1n) is 8.97. The van der Waals surface area contributed by atoms with Crippen molar-refractivity contribution in [3.05, 3.63) is 71.5 Å². The molecule has 5 nitrogen and oxygen atoms in total. The summed E-state index contributed by atoms with van der Waals surface area (Å²) in [6.45, 7) is 1.86. The lowest BCUT2D eigenvalue weighted by atomic mass is 9.94. The van der Waals surface area contributed by atoms with E-state index in [1.165, 1.54) is 0 Å². The molecule has 1 aromatic heterocycles. The van der Waals surface area contributed by atoms with Gasteiger partial charge >= 0.3 is 0 Å². The molecule has 2 heterocycles. The van der Waals surface area contributed by atoms with E-state index in [0.717, 1.165) is 47.2 Å². The molecule has 1 saturated heterocycles. The van der Waals surface area contributed by atoms with Crippen molar-refractivity contribution in [2.45, 2.75) is 25.0 Å². The molecule has 1 aliphatic rings. The smallest absolute Gasteiger partial charge is 0.134 e. The van der Waals surface area contributed by atoms with Gasteiger partial charge in [0.05, 0.1) is 18.5 Å². The third-order valence-corrected chi connectivity index (χ3v) is 4.97. The summed E-state index contributed by atoms with van der Waals surface area (Å²) >= 11 is 0. The van der Waals surface area contributed by atoms with Crippen LogP contribution in [0.2, 0.25) is 0 Å². The van der Waals surface area contributed by atoms with Crippen molar-refractivity contribution in [2.75, 3.05) is 13.1 Å². The number of nitrogen functional groups attached to an aromatic ring is 1. The average molecular weight is 349 g/mol. The van der Waals surface area contributed by atoms with Crippen LogP contribution < -0.4 is 11.1 Å². The molecular formula is C21H23N3O2. The Labute approximate surface area is 152 Å². The molecule has 2 aromatic carbocycles. The van der Waals surface area contributed by atoms with E-state index in [1.807, 2.05) is 36.4 Å². The van der Waals surface area contributed by atoms with Crippen molar-refractivity contribution in [3.8, 4) is 0 Å². The summed E-state index contributed by atoms with van der Waals surface area (Å²) in [6.07, 6.45) is 3.44. The number of amidine groups is 1. The van der Waals surface area contributed by atoms with E-state index in [0.29, 0.717) is 6.42 Å². The van der Waals surface area contributed by atoms with E-state index in [4.69, 9.17) is 20.3 Å². The van der Waals surface area contributed by atoms with Gasteiger partial charge in [-0.3, -0.25) is 5.41 Å². The molecule has 134 valence electrons. The van der Waals surface area contributed by atoms with Crippen LogP contribution in [0, 0.1) is 5.41 Å². The third-order valence-electron chi connectivity index (χ3n) is 4.97. The molecule has 4 rings (SSSR count). The fourth-order valence-electron chi connectivity index (χ4n) is 3.65. The highest BCUT2D eigenvalue weighted by atomic mass is 16.5. The maximum atomic E-state index is 7.97. The summed E-state index contributed by atoms with van der Waals surface area (Å²) in [5, 5.41) is 12.3. The highest BCUT2D eigenvalue weighted by Crippen LogP contribution is 2.31. The minimum absolute atomic E-state index is 0.0671. The largest absolute Gasteiger partial charge is 0.464 e. The number of hydrogen-bond donors (Lipinski definition) is 3. The SMILES string of the molecule is N=C(N)c1ccc2occc2c1CC(O[C@H]1CCNC1)c1ccccc1. The molecule has 0 saturated carbocycles. The molecular weight excluding hydrogens is 326 g/mol. The molecule has 0 radical (unpaired) electrons. The van der Waals surface area contributed by atoms with Gasteiger partial charge in [-0.25, -0.2) is 0 Å². The molecule has 3 aromatic rings. The van der Waals surface area contributed by atoms with Crippen molar-refractivity contribution < 1.29 is 9.15 Å². The van der Waals surface area contributed by atoms with Gasteiger partial charge in [-0.15, -0.1) is 0 Å². The Morgan fingerprint density at radius 1 is 1.23 bits per heavy atom. The van der Waals surface area contributed by atoms with Crippen LogP contribution in [0.1, 0.15) is 29.2 Å². The first kappa shape index (κ1) is 16.8. The molecule has 5 heteroatoms. The van der Waals surface area contributed by atoms with Crippen molar-refractivity contribution in [2.24, 2.45) is 5.73 Å². The number of rotatable bonds is 6. The number of fused-ring (bicyclic) bond motifs is 1. The van der Waals surface area contributed by atoms with Gasteiger partial charge in [-0.1, -0.05) is 30.3 Å². The molecule has 0 bridgehead atoms. The zero-order chi connectivity index (χ0) is 17.9. The van der Waals surface area contributed by atoms with Gasteiger partial charge in [-0.2, -0.15) is 0 Å². The molecule has 0 aliphatic carbocycles. The van der Waals surface area contributed by atoms with Crippen LogP contribution in [-0.2, 0) is 11.2 Å². The number of nitrogens with one attached hydrogen (secondary N) is 2. The van der Waals surface area contributed by atoms with Gasteiger partial charge in [0.25, 0.3) is 0 Å². The van der Waals surface area contributed by atoms with Crippen LogP contribution in [-0.4, -0.2) is 25.0 Å². The molecule has 1 unspecified atom stereocenters. The number of benzene rings is 2. The van der Waals surface area contributed by atoms with E-state index < -0.39 is 0 Å². The fourth-order valence-corrected chi connectivity index (χ4v) is 3.65. The zero-order valence-electron chi connectivity index (χ0n) is 14.6. The van der Waals surface area contributed by atoms with Crippen molar-refractivity contribution in [1.29, 1.82) is 5.41 Å². The lowest BCUT2D eigenvalue weighted by Gasteiger charge is -2.24.